The number of hydrogen-bond donors (Lipinski definition) is 0. The van der Waals surface area contributed by atoms with Gasteiger partial charge >= 0.3 is 0 Å². The van der Waals surface area contributed by atoms with Gasteiger partial charge in [0, 0.05) is 28.9 Å². The van der Waals surface area contributed by atoms with Gasteiger partial charge in [-0.15, -0.1) is 0 Å². The fourth-order valence-electron chi connectivity index (χ4n) is 3.61. The summed E-state index contributed by atoms with van der Waals surface area (Å²) in [6.07, 6.45) is 6.44. The average Bonchev–Trinajstić information content (AvgIpc) is 3.33. The first kappa shape index (κ1) is 24.9. The van der Waals surface area contributed by atoms with Gasteiger partial charge in [0.1, 0.15) is 11.6 Å². The Morgan fingerprint density at radius 1 is 1.03 bits per heavy atom. The summed E-state index contributed by atoms with van der Waals surface area (Å²) in [5.41, 5.74) is 0.396. The van der Waals surface area contributed by atoms with Crippen molar-refractivity contribution in [1.29, 1.82) is 0 Å². The fraction of sp³-hybridized carbons (Fsp3) is 0.348. The Morgan fingerprint density at radius 2 is 1.76 bits per heavy atom. The van der Waals surface area contributed by atoms with Crippen LogP contribution in [0.4, 0.5) is 0 Å². The number of nitrogens with zero attached hydrogens (tertiary/aromatic N) is 2. The Labute approximate surface area is 217 Å². The van der Waals surface area contributed by atoms with Crippen molar-refractivity contribution in [3.05, 3.63) is 80.8 Å². The molecule has 1 aliphatic rings. The molecule has 4 rings (SSSR count). The maximum absolute atomic E-state index is 6.75. The van der Waals surface area contributed by atoms with E-state index in [4.69, 9.17) is 72.2 Å². The van der Waals surface area contributed by atoms with Crippen molar-refractivity contribution in [3.8, 4) is 5.75 Å². The minimum atomic E-state index is -0.504. The van der Waals surface area contributed by atoms with E-state index in [0.717, 1.165) is 18.4 Å². The molecule has 1 saturated heterocycles. The van der Waals surface area contributed by atoms with Gasteiger partial charge in [0.05, 0.1) is 29.1 Å². The van der Waals surface area contributed by atoms with Gasteiger partial charge in [-0.05, 0) is 42.7 Å². The SMILES string of the molecule is Clc1ccc(C(OCC2CCCC(Oc3c(Cl)cc(Cl)cc3Cl)O2)C(Cl)n2ccnc2)cc1. The predicted molar refractivity (Wildman–Crippen MR) is 132 cm³/mol. The number of aromatic nitrogens is 2. The number of imidazole rings is 1. The van der Waals surface area contributed by atoms with Crippen LogP contribution in [0.15, 0.2) is 55.1 Å². The molecule has 0 aliphatic carbocycles. The Hall–Kier alpha value is -1.18. The number of hydrogen-bond acceptors (Lipinski definition) is 4. The molecule has 0 radical (unpaired) electrons. The van der Waals surface area contributed by atoms with Crippen molar-refractivity contribution in [2.75, 3.05) is 6.61 Å². The normalized spacial score (nSPS) is 20.4. The van der Waals surface area contributed by atoms with Crippen LogP contribution in [0.1, 0.15) is 36.4 Å². The molecule has 1 fully saturated rings. The largest absolute Gasteiger partial charge is 0.462 e. The van der Waals surface area contributed by atoms with Gasteiger partial charge < -0.3 is 18.8 Å². The highest BCUT2D eigenvalue weighted by Gasteiger charge is 2.29. The van der Waals surface area contributed by atoms with E-state index in [1.807, 2.05) is 24.3 Å². The number of alkyl halides is 1. The van der Waals surface area contributed by atoms with Crippen LogP contribution >= 0.6 is 58.0 Å². The van der Waals surface area contributed by atoms with E-state index in [0.29, 0.717) is 38.9 Å². The van der Waals surface area contributed by atoms with Gasteiger partial charge in [-0.3, -0.25) is 0 Å². The van der Waals surface area contributed by atoms with Crippen LogP contribution in [0.2, 0.25) is 20.1 Å². The molecule has 33 heavy (non-hydrogen) atoms. The monoisotopic (exact) mass is 548 g/mol. The second-order valence-corrected chi connectivity index (χ2v) is 9.76. The van der Waals surface area contributed by atoms with E-state index in [1.54, 1.807) is 35.4 Å². The van der Waals surface area contributed by atoms with E-state index in [2.05, 4.69) is 4.98 Å². The van der Waals surface area contributed by atoms with E-state index in [9.17, 15) is 0 Å². The van der Waals surface area contributed by atoms with Gasteiger partial charge in [0.2, 0.25) is 0 Å². The minimum Gasteiger partial charge on any atom is -0.462 e. The van der Waals surface area contributed by atoms with Gasteiger partial charge in [0.25, 0.3) is 0 Å². The zero-order valence-electron chi connectivity index (χ0n) is 17.3. The van der Waals surface area contributed by atoms with E-state index in [1.165, 1.54) is 0 Å². The summed E-state index contributed by atoms with van der Waals surface area (Å²) in [5, 5.41) is 1.75. The summed E-state index contributed by atoms with van der Waals surface area (Å²) in [6.45, 7) is 0.327. The van der Waals surface area contributed by atoms with Gasteiger partial charge in [-0.25, -0.2) is 4.98 Å². The van der Waals surface area contributed by atoms with Crippen molar-refractivity contribution in [1.82, 2.24) is 9.55 Å². The van der Waals surface area contributed by atoms with Crippen LogP contribution in [0.5, 0.6) is 5.75 Å². The number of ether oxygens (including phenoxy) is 3. The molecule has 1 aromatic heterocycles. The second kappa shape index (κ2) is 11.5. The molecule has 2 aromatic carbocycles. The fourth-order valence-corrected chi connectivity index (χ4v) is 4.98. The predicted octanol–water partition coefficient (Wildman–Crippen LogP) is 7.97. The van der Waals surface area contributed by atoms with Crippen LogP contribution in [0, 0.1) is 0 Å². The first-order valence-corrected chi connectivity index (χ1v) is 12.3. The average molecular weight is 551 g/mol. The molecule has 0 N–H and O–H groups in total. The Balaban J connectivity index is 1.42. The maximum atomic E-state index is 6.75. The summed E-state index contributed by atoms with van der Waals surface area (Å²) in [6, 6.07) is 10.6. The zero-order chi connectivity index (χ0) is 23.4. The van der Waals surface area contributed by atoms with Crippen LogP contribution in [0.25, 0.3) is 0 Å². The quantitative estimate of drug-likeness (QED) is 0.267. The van der Waals surface area contributed by atoms with Gasteiger partial charge in [0.15, 0.2) is 12.0 Å². The van der Waals surface area contributed by atoms with Gasteiger partial charge in [-0.1, -0.05) is 70.1 Å². The standard InChI is InChI=1S/C23H21Cl5N2O3/c24-15-6-4-14(5-7-15)21(23(28)30-9-8-29-13-30)31-12-17-2-1-3-20(32-17)33-22-18(26)10-16(25)11-19(22)27/h4-11,13,17,20-21,23H,1-3,12H2. The number of halogens is 5. The molecule has 176 valence electrons. The topological polar surface area (TPSA) is 45.5 Å². The third kappa shape index (κ3) is 6.49. The summed E-state index contributed by atoms with van der Waals surface area (Å²) in [5.74, 6) is 0.356. The molecule has 2 heterocycles. The highest BCUT2D eigenvalue weighted by atomic mass is 35.5. The summed E-state index contributed by atoms with van der Waals surface area (Å²) in [4.78, 5) is 4.08. The zero-order valence-corrected chi connectivity index (χ0v) is 21.1. The van der Waals surface area contributed by atoms with Crippen LogP contribution in [-0.2, 0) is 9.47 Å². The molecule has 10 heteroatoms. The van der Waals surface area contributed by atoms with Crippen molar-refractivity contribution >= 4 is 58.0 Å². The molecular formula is C23H21Cl5N2O3. The maximum Gasteiger partial charge on any atom is 0.200 e. The van der Waals surface area contributed by atoms with Gasteiger partial charge in [-0.2, -0.15) is 0 Å². The number of benzene rings is 2. The highest BCUT2D eigenvalue weighted by Crippen LogP contribution is 2.38. The molecule has 5 nitrogen and oxygen atoms in total. The molecule has 1 aliphatic heterocycles. The highest BCUT2D eigenvalue weighted by molar-refractivity contribution is 6.40. The Bertz CT molecular complexity index is 1030. The van der Waals surface area contributed by atoms with Crippen molar-refractivity contribution in [2.24, 2.45) is 0 Å². The molecule has 0 saturated carbocycles. The van der Waals surface area contributed by atoms with Crippen LogP contribution < -0.4 is 4.74 Å². The smallest absolute Gasteiger partial charge is 0.200 e. The lowest BCUT2D eigenvalue weighted by molar-refractivity contribution is -0.170. The molecule has 4 atom stereocenters. The molecule has 4 unspecified atom stereocenters. The van der Waals surface area contributed by atoms with E-state index < -0.39 is 17.9 Å². The van der Waals surface area contributed by atoms with Crippen LogP contribution in [0.3, 0.4) is 0 Å². The lowest BCUT2D eigenvalue weighted by Gasteiger charge is -2.32. The Morgan fingerprint density at radius 3 is 2.42 bits per heavy atom. The van der Waals surface area contributed by atoms with Crippen molar-refractivity contribution in [2.45, 2.75) is 43.3 Å². The first-order chi connectivity index (χ1) is 15.9. The molecular weight excluding hydrogens is 530 g/mol. The van der Waals surface area contributed by atoms with E-state index >= 15 is 0 Å². The lowest BCUT2D eigenvalue weighted by Crippen LogP contribution is -2.35. The minimum absolute atomic E-state index is 0.185. The summed E-state index contributed by atoms with van der Waals surface area (Å²) in [7, 11) is 0. The summed E-state index contributed by atoms with van der Waals surface area (Å²) < 4.78 is 20.2. The number of rotatable bonds is 8. The third-order valence-electron chi connectivity index (χ3n) is 5.24. The second-order valence-electron chi connectivity index (χ2n) is 7.62. The Kier molecular flexibility index (Phi) is 8.69. The molecule has 0 bridgehead atoms. The molecule has 0 spiro atoms. The van der Waals surface area contributed by atoms with Crippen molar-refractivity contribution < 1.29 is 14.2 Å². The first-order valence-electron chi connectivity index (χ1n) is 10.4. The molecule has 3 aromatic rings. The molecule has 0 amide bonds. The van der Waals surface area contributed by atoms with Crippen LogP contribution in [-0.4, -0.2) is 28.6 Å². The van der Waals surface area contributed by atoms with E-state index in [-0.39, 0.29) is 6.10 Å². The van der Waals surface area contributed by atoms with Crippen molar-refractivity contribution in [3.63, 3.8) is 0 Å². The lowest BCUT2D eigenvalue weighted by atomic mass is 10.1. The third-order valence-corrected chi connectivity index (χ3v) is 6.73. The summed E-state index contributed by atoms with van der Waals surface area (Å²) >= 11 is 31.3.